The molecule has 3 aromatic rings. The number of hydrogen-bond acceptors (Lipinski definition) is 7. The molecule has 1 heterocycles. The van der Waals surface area contributed by atoms with Crippen LogP contribution in [0.4, 0.5) is 0 Å². The molecule has 0 aliphatic heterocycles. The van der Waals surface area contributed by atoms with Crippen LogP contribution in [0.3, 0.4) is 0 Å². The number of aromatic hydroxyl groups is 3. The van der Waals surface area contributed by atoms with Crippen molar-refractivity contribution in [3.8, 4) is 28.6 Å². The molecule has 0 radical (unpaired) electrons. The molecular weight excluding hydrogens is 368 g/mol. The lowest BCUT2D eigenvalue weighted by Gasteiger charge is -2.05. The van der Waals surface area contributed by atoms with Crippen LogP contribution in [-0.4, -0.2) is 38.5 Å². The van der Waals surface area contributed by atoms with Crippen LogP contribution in [0.5, 0.6) is 17.2 Å². The molecular formula is C20H16O8. The predicted octanol–water partition coefficient (Wildman–Crippen LogP) is 3.25. The molecule has 0 spiro atoms. The molecule has 3 rings (SSSR count). The number of hydrogen-bond donors (Lipinski definition) is 4. The molecule has 28 heavy (non-hydrogen) atoms. The van der Waals surface area contributed by atoms with Gasteiger partial charge in [0.25, 0.3) is 0 Å². The highest BCUT2D eigenvalue weighted by Crippen LogP contribution is 2.37. The number of benzene rings is 2. The third kappa shape index (κ3) is 3.75. The van der Waals surface area contributed by atoms with Gasteiger partial charge in [-0.2, -0.15) is 0 Å². The highest BCUT2D eigenvalue weighted by atomic mass is 16.6. The molecule has 0 fully saturated rings. The maximum absolute atomic E-state index is 11.7. The quantitative estimate of drug-likeness (QED) is 0.299. The van der Waals surface area contributed by atoms with Gasteiger partial charge in [0.1, 0.15) is 5.76 Å². The van der Waals surface area contributed by atoms with E-state index < -0.39 is 18.0 Å². The lowest BCUT2D eigenvalue weighted by atomic mass is 10.1. The predicted molar refractivity (Wildman–Crippen MR) is 98.9 cm³/mol. The lowest BCUT2D eigenvalue weighted by molar-refractivity contribution is -0.159. The number of ether oxygens (including phenoxy) is 1. The number of fused-ring (bicyclic) bond motifs is 1. The summed E-state index contributed by atoms with van der Waals surface area (Å²) in [5, 5.41) is 38.4. The Morgan fingerprint density at radius 3 is 2.43 bits per heavy atom. The van der Waals surface area contributed by atoms with E-state index in [1.807, 2.05) is 0 Å². The number of rotatable bonds is 5. The van der Waals surface area contributed by atoms with E-state index in [4.69, 9.17) is 14.3 Å². The summed E-state index contributed by atoms with van der Waals surface area (Å²) in [6.07, 6.45) is 1.20. The zero-order valence-electron chi connectivity index (χ0n) is 14.6. The average molecular weight is 384 g/mol. The molecule has 0 saturated heterocycles. The minimum atomic E-state index is -1.28. The van der Waals surface area contributed by atoms with Crippen molar-refractivity contribution in [2.45, 2.75) is 13.0 Å². The number of aliphatic carboxylic acids is 1. The van der Waals surface area contributed by atoms with Crippen molar-refractivity contribution in [1.29, 1.82) is 0 Å². The Labute approximate surface area is 158 Å². The molecule has 144 valence electrons. The molecule has 1 atom stereocenters. The van der Waals surface area contributed by atoms with E-state index in [0.717, 1.165) is 6.08 Å². The van der Waals surface area contributed by atoms with Crippen molar-refractivity contribution >= 4 is 29.0 Å². The van der Waals surface area contributed by atoms with Gasteiger partial charge in [0.15, 0.2) is 28.9 Å². The summed E-state index contributed by atoms with van der Waals surface area (Å²) in [5.74, 6) is -2.49. The first-order valence-electron chi connectivity index (χ1n) is 8.15. The molecule has 4 N–H and O–H groups in total. The third-order valence-electron chi connectivity index (χ3n) is 4.00. The third-order valence-corrected chi connectivity index (χ3v) is 4.00. The molecule has 0 amide bonds. The summed E-state index contributed by atoms with van der Waals surface area (Å²) in [4.78, 5) is 22.5. The van der Waals surface area contributed by atoms with Crippen molar-refractivity contribution in [1.82, 2.24) is 0 Å². The van der Waals surface area contributed by atoms with Crippen LogP contribution in [0.15, 0.2) is 46.9 Å². The molecule has 0 bridgehead atoms. The van der Waals surface area contributed by atoms with Crippen molar-refractivity contribution in [2.24, 2.45) is 0 Å². The zero-order chi connectivity index (χ0) is 20.4. The van der Waals surface area contributed by atoms with Crippen LogP contribution in [0.2, 0.25) is 0 Å². The minimum Gasteiger partial charge on any atom is -0.504 e. The Morgan fingerprint density at radius 2 is 1.75 bits per heavy atom. The summed E-state index contributed by atoms with van der Waals surface area (Å²) in [5.41, 5.74) is 1.15. The van der Waals surface area contributed by atoms with Crippen molar-refractivity contribution in [3.05, 3.63) is 48.0 Å². The lowest BCUT2D eigenvalue weighted by Crippen LogP contribution is -2.22. The van der Waals surface area contributed by atoms with E-state index in [0.29, 0.717) is 22.3 Å². The second kappa shape index (κ2) is 7.36. The minimum absolute atomic E-state index is 0.122. The number of esters is 1. The summed E-state index contributed by atoms with van der Waals surface area (Å²) in [6.45, 7) is 1.24. The Morgan fingerprint density at radius 1 is 1.04 bits per heavy atom. The van der Waals surface area contributed by atoms with E-state index in [1.54, 1.807) is 12.1 Å². The fraction of sp³-hybridized carbons (Fsp3) is 0.100. The molecule has 8 nitrogen and oxygen atoms in total. The molecule has 0 saturated carbocycles. The fourth-order valence-electron chi connectivity index (χ4n) is 2.52. The summed E-state index contributed by atoms with van der Waals surface area (Å²) in [6, 6.07) is 8.68. The van der Waals surface area contributed by atoms with Crippen LogP contribution in [0.25, 0.3) is 28.4 Å². The van der Waals surface area contributed by atoms with Gasteiger partial charge in [-0.25, -0.2) is 9.59 Å². The van der Waals surface area contributed by atoms with E-state index >= 15 is 0 Å². The summed E-state index contributed by atoms with van der Waals surface area (Å²) < 4.78 is 10.4. The number of furan rings is 1. The highest BCUT2D eigenvalue weighted by molar-refractivity contribution is 5.97. The molecule has 0 aliphatic carbocycles. The van der Waals surface area contributed by atoms with Crippen molar-refractivity contribution < 1.29 is 39.2 Å². The van der Waals surface area contributed by atoms with Gasteiger partial charge in [0, 0.05) is 17.0 Å². The van der Waals surface area contributed by atoms with E-state index in [9.17, 15) is 24.9 Å². The Hall–Kier alpha value is -3.94. The van der Waals surface area contributed by atoms with E-state index in [2.05, 4.69) is 0 Å². The molecule has 2 aromatic carbocycles. The molecule has 1 unspecified atom stereocenters. The first kappa shape index (κ1) is 18.8. The first-order chi connectivity index (χ1) is 13.3. The second-order valence-electron chi connectivity index (χ2n) is 5.98. The van der Waals surface area contributed by atoms with Gasteiger partial charge in [-0.15, -0.1) is 0 Å². The normalized spacial score (nSPS) is 12.3. The Balaban J connectivity index is 1.96. The van der Waals surface area contributed by atoms with E-state index in [1.165, 1.54) is 37.3 Å². The van der Waals surface area contributed by atoms with Gasteiger partial charge >= 0.3 is 11.9 Å². The fourth-order valence-corrected chi connectivity index (χ4v) is 2.52. The SMILES string of the molecule is CC(OC(=O)C=Cc1ccc(O)c2oc(-c3ccc(O)c(O)c3)cc12)C(=O)O. The van der Waals surface area contributed by atoms with Gasteiger partial charge in [0.2, 0.25) is 0 Å². The maximum atomic E-state index is 11.7. The average Bonchev–Trinajstić information content (AvgIpc) is 3.09. The molecule has 8 heteroatoms. The van der Waals surface area contributed by atoms with Gasteiger partial charge in [0.05, 0.1) is 0 Å². The standard InChI is InChI=1S/C20H16O8/c1-10(20(25)26)27-18(24)7-4-11-2-6-15(22)19-13(11)9-17(28-19)12-3-5-14(21)16(23)8-12/h2-10,21-23H,1H3,(H,25,26). The van der Waals surface area contributed by atoms with Gasteiger partial charge < -0.3 is 29.6 Å². The second-order valence-corrected chi connectivity index (χ2v) is 5.98. The smallest absolute Gasteiger partial charge is 0.344 e. The number of carbonyl (C=O) groups excluding carboxylic acids is 1. The largest absolute Gasteiger partial charge is 0.504 e. The summed E-state index contributed by atoms with van der Waals surface area (Å²) in [7, 11) is 0. The summed E-state index contributed by atoms with van der Waals surface area (Å²) >= 11 is 0. The zero-order valence-corrected chi connectivity index (χ0v) is 14.6. The maximum Gasteiger partial charge on any atom is 0.344 e. The number of carboxylic acids is 1. The number of phenols is 3. The number of phenolic OH excluding ortho intramolecular Hbond substituents is 3. The molecule has 1 aromatic heterocycles. The number of carbonyl (C=O) groups is 2. The Bertz CT molecular complexity index is 1090. The van der Waals surface area contributed by atoms with Gasteiger partial charge in [-0.05, 0) is 48.9 Å². The van der Waals surface area contributed by atoms with Crippen molar-refractivity contribution in [3.63, 3.8) is 0 Å². The van der Waals surface area contributed by atoms with E-state index in [-0.39, 0.29) is 22.8 Å². The highest BCUT2D eigenvalue weighted by Gasteiger charge is 2.16. The van der Waals surface area contributed by atoms with Crippen LogP contribution >= 0.6 is 0 Å². The van der Waals surface area contributed by atoms with Crippen LogP contribution in [0.1, 0.15) is 12.5 Å². The van der Waals surface area contributed by atoms with Gasteiger partial charge in [-0.1, -0.05) is 6.07 Å². The monoisotopic (exact) mass is 384 g/mol. The first-order valence-corrected chi connectivity index (χ1v) is 8.15. The van der Waals surface area contributed by atoms with Crippen LogP contribution in [-0.2, 0) is 14.3 Å². The van der Waals surface area contributed by atoms with Crippen LogP contribution in [0, 0.1) is 0 Å². The number of carboxylic acid groups (broad SMARTS) is 1. The van der Waals surface area contributed by atoms with Crippen molar-refractivity contribution in [2.75, 3.05) is 0 Å². The molecule has 0 aliphatic rings. The van der Waals surface area contributed by atoms with Gasteiger partial charge in [-0.3, -0.25) is 0 Å². The topological polar surface area (TPSA) is 137 Å². The Kier molecular flexibility index (Phi) is 4.95. The van der Waals surface area contributed by atoms with Crippen LogP contribution < -0.4 is 0 Å².